The number of carbonyl (C=O) groups excluding carboxylic acids is 1. The lowest BCUT2D eigenvalue weighted by Gasteiger charge is -2.26. The molecule has 1 aliphatic rings. The number of benzene rings is 2. The number of nitrogens with zero attached hydrogens (tertiary/aromatic N) is 1. The molecule has 1 aliphatic heterocycles. The molecular weight excluding hydrogens is 392 g/mol. The molecule has 1 atom stereocenters. The maximum Gasteiger partial charge on any atom is 0.254 e. The fourth-order valence-corrected chi connectivity index (χ4v) is 3.79. The maximum atomic E-state index is 14.1. The van der Waals surface area contributed by atoms with E-state index in [4.69, 9.17) is 32.7 Å². The van der Waals surface area contributed by atoms with Gasteiger partial charge in [-0.2, -0.15) is 0 Å². The fourth-order valence-electron chi connectivity index (χ4n) is 3.15. The number of methoxy groups -OCH3 is 1. The zero-order valence-corrected chi connectivity index (χ0v) is 16.4. The molecule has 1 fully saturated rings. The molecule has 1 heterocycles. The smallest absolute Gasteiger partial charge is 0.254 e. The minimum Gasteiger partial charge on any atom is -0.494 e. The summed E-state index contributed by atoms with van der Waals surface area (Å²) in [6.45, 7) is 1.17. The second-order valence-corrected chi connectivity index (χ2v) is 7.20. The Morgan fingerprint density at radius 1 is 1.30 bits per heavy atom. The summed E-state index contributed by atoms with van der Waals surface area (Å²) in [4.78, 5) is 14.7. The van der Waals surface area contributed by atoms with Crippen molar-refractivity contribution in [2.24, 2.45) is 0 Å². The predicted molar refractivity (Wildman–Crippen MR) is 103 cm³/mol. The van der Waals surface area contributed by atoms with E-state index in [0.29, 0.717) is 30.0 Å². The van der Waals surface area contributed by atoms with Crippen molar-refractivity contribution in [1.82, 2.24) is 4.90 Å². The van der Waals surface area contributed by atoms with Crippen LogP contribution in [0.4, 0.5) is 4.39 Å². The van der Waals surface area contributed by atoms with E-state index in [9.17, 15) is 9.18 Å². The van der Waals surface area contributed by atoms with E-state index in [1.54, 1.807) is 23.1 Å². The van der Waals surface area contributed by atoms with Crippen molar-refractivity contribution >= 4 is 29.1 Å². The largest absolute Gasteiger partial charge is 0.494 e. The van der Waals surface area contributed by atoms with Gasteiger partial charge in [0.1, 0.15) is 5.82 Å². The van der Waals surface area contributed by atoms with Crippen molar-refractivity contribution in [2.45, 2.75) is 25.5 Å². The first-order valence-electron chi connectivity index (χ1n) is 8.67. The second-order valence-electron chi connectivity index (χ2n) is 6.39. The van der Waals surface area contributed by atoms with Crippen LogP contribution in [0.5, 0.6) is 5.75 Å². The van der Waals surface area contributed by atoms with E-state index in [-0.39, 0.29) is 34.4 Å². The lowest BCUT2D eigenvalue weighted by molar-refractivity contribution is 0.0505. The number of hydrogen-bond acceptors (Lipinski definition) is 3. The molecule has 144 valence electrons. The third-order valence-electron chi connectivity index (χ3n) is 4.50. The first-order chi connectivity index (χ1) is 13.0. The van der Waals surface area contributed by atoms with E-state index in [1.807, 2.05) is 0 Å². The van der Waals surface area contributed by atoms with Crippen molar-refractivity contribution < 1.29 is 18.7 Å². The number of rotatable bonds is 6. The number of amides is 1. The summed E-state index contributed by atoms with van der Waals surface area (Å²) in [5.41, 5.74) is 0.759. The van der Waals surface area contributed by atoms with Gasteiger partial charge in [-0.1, -0.05) is 41.4 Å². The Labute approximate surface area is 167 Å². The van der Waals surface area contributed by atoms with Crippen LogP contribution in [0, 0.1) is 5.82 Å². The molecule has 0 spiro atoms. The first kappa shape index (κ1) is 19.9. The second kappa shape index (κ2) is 8.91. The van der Waals surface area contributed by atoms with Gasteiger partial charge in [0, 0.05) is 30.8 Å². The van der Waals surface area contributed by atoms with E-state index in [0.717, 1.165) is 12.8 Å². The van der Waals surface area contributed by atoms with Crippen molar-refractivity contribution in [3.05, 3.63) is 63.4 Å². The summed E-state index contributed by atoms with van der Waals surface area (Å²) in [7, 11) is 1.45. The average molecular weight is 412 g/mol. The van der Waals surface area contributed by atoms with Gasteiger partial charge in [0.25, 0.3) is 5.91 Å². The van der Waals surface area contributed by atoms with E-state index in [1.165, 1.54) is 25.3 Å². The predicted octanol–water partition coefficient (Wildman–Crippen LogP) is 4.96. The zero-order valence-electron chi connectivity index (χ0n) is 14.9. The summed E-state index contributed by atoms with van der Waals surface area (Å²) in [6.07, 6.45) is 1.75. The lowest BCUT2D eigenvalue weighted by atomic mass is 10.1. The molecule has 2 aromatic carbocycles. The fraction of sp³-hybridized carbons (Fsp3) is 0.350. The van der Waals surface area contributed by atoms with Crippen LogP contribution in [-0.4, -0.2) is 37.2 Å². The number of carbonyl (C=O) groups is 1. The molecule has 1 amide bonds. The number of halogens is 3. The van der Waals surface area contributed by atoms with Gasteiger partial charge in [-0.25, -0.2) is 4.39 Å². The zero-order chi connectivity index (χ0) is 19.4. The molecule has 7 heteroatoms. The molecule has 1 saturated heterocycles. The van der Waals surface area contributed by atoms with E-state index < -0.39 is 0 Å². The summed E-state index contributed by atoms with van der Waals surface area (Å²) in [5.74, 6) is -0.330. The summed E-state index contributed by atoms with van der Waals surface area (Å²) in [5, 5.41) is 0.493. The van der Waals surface area contributed by atoms with Gasteiger partial charge in [0.15, 0.2) is 5.75 Å². The van der Waals surface area contributed by atoms with Crippen LogP contribution in [0.2, 0.25) is 10.0 Å². The first-order valence-corrected chi connectivity index (χ1v) is 9.42. The van der Waals surface area contributed by atoms with Crippen LogP contribution in [-0.2, 0) is 11.3 Å². The van der Waals surface area contributed by atoms with Crippen LogP contribution in [0.15, 0.2) is 36.4 Å². The molecule has 0 bridgehead atoms. The molecule has 0 radical (unpaired) electrons. The van der Waals surface area contributed by atoms with Gasteiger partial charge in [-0.05, 0) is 31.0 Å². The van der Waals surface area contributed by atoms with Gasteiger partial charge in [-0.15, -0.1) is 0 Å². The summed E-state index contributed by atoms with van der Waals surface area (Å²) < 4.78 is 24.9. The quantitative estimate of drug-likeness (QED) is 0.673. The molecule has 4 nitrogen and oxygen atoms in total. The molecule has 0 aromatic heterocycles. The van der Waals surface area contributed by atoms with Crippen LogP contribution < -0.4 is 4.74 Å². The Balaban J connectivity index is 1.89. The molecular formula is C20H20Cl2FNO3. The summed E-state index contributed by atoms with van der Waals surface area (Å²) >= 11 is 12.3. The third kappa shape index (κ3) is 4.72. The maximum absolute atomic E-state index is 14.1. The van der Waals surface area contributed by atoms with Gasteiger partial charge >= 0.3 is 0 Å². The Morgan fingerprint density at radius 3 is 2.59 bits per heavy atom. The number of ether oxygens (including phenoxy) is 2. The van der Waals surface area contributed by atoms with Gasteiger partial charge in [-0.3, -0.25) is 4.79 Å². The lowest BCUT2D eigenvalue weighted by Crippen LogP contribution is -2.37. The topological polar surface area (TPSA) is 38.8 Å². The Kier molecular flexibility index (Phi) is 6.58. The van der Waals surface area contributed by atoms with Crippen molar-refractivity contribution in [3.8, 4) is 5.75 Å². The molecule has 0 saturated carbocycles. The third-order valence-corrected chi connectivity index (χ3v) is 5.07. The van der Waals surface area contributed by atoms with Crippen LogP contribution in [0.3, 0.4) is 0 Å². The van der Waals surface area contributed by atoms with Crippen molar-refractivity contribution in [3.63, 3.8) is 0 Å². The highest BCUT2D eigenvalue weighted by atomic mass is 35.5. The highest BCUT2D eigenvalue weighted by Gasteiger charge is 2.25. The highest BCUT2D eigenvalue weighted by molar-refractivity contribution is 6.37. The van der Waals surface area contributed by atoms with Crippen LogP contribution in [0.25, 0.3) is 0 Å². The average Bonchev–Trinajstić information content (AvgIpc) is 3.15. The molecule has 0 aliphatic carbocycles. The molecule has 2 aromatic rings. The Hall–Kier alpha value is -1.82. The Bertz CT molecular complexity index is 802. The van der Waals surface area contributed by atoms with Crippen LogP contribution >= 0.6 is 23.2 Å². The van der Waals surface area contributed by atoms with Gasteiger partial charge in [0.05, 0.1) is 23.3 Å². The standard InChI is InChI=1S/C20H20Cl2FNO3/c1-26-19-16(21)9-14(10-17(19)22)20(25)24(12-15-6-4-8-27-15)11-13-5-2-3-7-18(13)23/h2-3,5,7,9-10,15H,4,6,8,11-12H2,1H3. The van der Waals surface area contributed by atoms with E-state index >= 15 is 0 Å². The SMILES string of the molecule is COc1c(Cl)cc(C(=O)N(Cc2ccccc2F)CC2CCCO2)cc1Cl. The molecule has 0 N–H and O–H groups in total. The Morgan fingerprint density at radius 2 is 2.00 bits per heavy atom. The monoisotopic (exact) mass is 411 g/mol. The highest BCUT2D eigenvalue weighted by Crippen LogP contribution is 2.34. The molecule has 3 rings (SSSR count). The minimum atomic E-state index is -0.353. The molecule has 27 heavy (non-hydrogen) atoms. The number of hydrogen-bond donors (Lipinski definition) is 0. The molecule has 1 unspecified atom stereocenters. The van der Waals surface area contributed by atoms with Crippen molar-refractivity contribution in [2.75, 3.05) is 20.3 Å². The van der Waals surface area contributed by atoms with E-state index in [2.05, 4.69) is 0 Å². The van der Waals surface area contributed by atoms with Crippen LogP contribution in [0.1, 0.15) is 28.8 Å². The van der Waals surface area contributed by atoms with Gasteiger partial charge in [0.2, 0.25) is 0 Å². The minimum absolute atomic E-state index is 0.0649. The van der Waals surface area contributed by atoms with Gasteiger partial charge < -0.3 is 14.4 Å². The summed E-state index contributed by atoms with van der Waals surface area (Å²) in [6, 6.07) is 9.43. The van der Waals surface area contributed by atoms with Crippen molar-refractivity contribution in [1.29, 1.82) is 0 Å². The normalized spacial score (nSPS) is 16.4.